The van der Waals surface area contributed by atoms with Crippen LogP contribution in [0.4, 0.5) is 9.52 Å². The lowest BCUT2D eigenvalue weighted by Crippen LogP contribution is -2.10. The summed E-state index contributed by atoms with van der Waals surface area (Å²) in [5.41, 5.74) is 1.07. The van der Waals surface area contributed by atoms with E-state index in [1.807, 2.05) is 0 Å². The number of anilines is 1. The zero-order valence-electron chi connectivity index (χ0n) is 9.11. The second-order valence-electron chi connectivity index (χ2n) is 3.68. The van der Waals surface area contributed by atoms with Gasteiger partial charge in [0.05, 0.1) is 5.56 Å². The Labute approximate surface area is 105 Å². The fraction of sp³-hybridized carbons (Fsp3) is 0. The smallest absolute Gasteiger partial charge is 0.259 e. The van der Waals surface area contributed by atoms with E-state index in [0.29, 0.717) is 21.6 Å². The minimum absolute atomic E-state index is 0.261. The molecule has 0 bridgehead atoms. The highest BCUT2D eigenvalue weighted by atomic mass is 32.1. The van der Waals surface area contributed by atoms with Crippen molar-refractivity contribution in [3.05, 3.63) is 47.4 Å². The van der Waals surface area contributed by atoms with Crippen molar-refractivity contribution in [3.8, 4) is 0 Å². The maximum absolute atomic E-state index is 13.0. The Hall–Kier alpha value is -2.21. The summed E-state index contributed by atoms with van der Waals surface area (Å²) in [5, 5.41) is 5.69. The Bertz CT molecular complexity index is 705. The molecular formula is C12H8FN3OS. The number of amides is 1. The topological polar surface area (TPSA) is 57.8 Å². The molecule has 0 aliphatic carbocycles. The van der Waals surface area contributed by atoms with Crippen LogP contribution in [0.5, 0.6) is 0 Å². The molecule has 0 saturated carbocycles. The molecule has 2 aromatic heterocycles. The number of halogens is 1. The van der Waals surface area contributed by atoms with Crippen LogP contribution in [0.15, 0.2) is 36.0 Å². The third-order valence-corrected chi connectivity index (χ3v) is 3.23. The van der Waals surface area contributed by atoms with E-state index in [-0.39, 0.29) is 11.7 Å². The van der Waals surface area contributed by atoms with Crippen LogP contribution in [0.25, 0.3) is 10.9 Å². The number of nitrogens with one attached hydrogen (secondary N) is 2. The monoisotopic (exact) mass is 261 g/mol. The van der Waals surface area contributed by atoms with Gasteiger partial charge in [-0.3, -0.25) is 10.1 Å². The second kappa shape index (κ2) is 4.23. The number of fused-ring (bicyclic) bond motifs is 1. The largest absolute Gasteiger partial charge is 0.360 e. The van der Waals surface area contributed by atoms with Gasteiger partial charge in [-0.25, -0.2) is 9.37 Å². The highest BCUT2D eigenvalue weighted by Gasteiger charge is 2.13. The van der Waals surface area contributed by atoms with E-state index in [4.69, 9.17) is 0 Å². The van der Waals surface area contributed by atoms with E-state index < -0.39 is 0 Å². The van der Waals surface area contributed by atoms with Crippen molar-refractivity contribution in [1.29, 1.82) is 0 Å². The summed E-state index contributed by atoms with van der Waals surface area (Å²) in [5.74, 6) is -0.598. The minimum atomic E-state index is -0.337. The van der Waals surface area contributed by atoms with Crippen LogP contribution in [-0.4, -0.2) is 15.9 Å². The zero-order chi connectivity index (χ0) is 12.5. The molecule has 1 amide bonds. The number of aromatic nitrogens is 2. The van der Waals surface area contributed by atoms with Crippen molar-refractivity contribution < 1.29 is 9.18 Å². The molecule has 2 heterocycles. The Morgan fingerprint density at radius 1 is 1.44 bits per heavy atom. The Kier molecular flexibility index (Phi) is 2.56. The number of rotatable bonds is 2. The van der Waals surface area contributed by atoms with Crippen LogP contribution in [-0.2, 0) is 0 Å². The highest BCUT2D eigenvalue weighted by molar-refractivity contribution is 7.13. The van der Waals surface area contributed by atoms with Crippen molar-refractivity contribution in [2.24, 2.45) is 0 Å². The molecule has 3 aromatic rings. The van der Waals surface area contributed by atoms with Gasteiger partial charge < -0.3 is 4.98 Å². The SMILES string of the molecule is O=C(Nc1nccs1)c1c[nH]c2cc(F)ccc12. The fourth-order valence-electron chi connectivity index (χ4n) is 1.74. The number of hydrogen-bond acceptors (Lipinski definition) is 3. The van der Waals surface area contributed by atoms with Gasteiger partial charge in [-0.1, -0.05) is 0 Å². The van der Waals surface area contributed by atoms with Gasteiger partial charge in [0.1, 0.15) is 5.82 Å². The Morgan fingerprint density at radius 2 is 2.33 bits per heavy atom. The molecule has 0 fully saturated rings. The van der Waals surface area contributed by atoms with Crippen molar-refractivity contribution >= 4 is 33.3 Å². The van der Waals surface area contributed by atoms with E-state index in [0.717, 1.165) is 0 Å². The average Bonchev–Trinajstić information content (AvgIpc) is 2.97. The molecule has 18 heavy (non-hydrogen) atoms. The highest BCUT2D eigenvalue weighted by Crippen LogP contribution is 2.21. The molecular weight excluding hydrogens is 253 g/mol. The third-order valence-electron chi connectivity index (χ3n) is 2.54. The molecule has 0 atom stereocenters. The molecule has 0 aliphatic heterocycles. The molecule has 0 saturated heterocycles. The lowest BCUT2D eigenvalue weighted by atomic mass is 10.1. The van der Waals surface area contributed by atoms with Gasteiger partial charge in [-0.05, 0) is 18.2 Å². The van der Waals surface area contributed by atoms with E-state index in [2.05, 4.69) is 15.3 Å². The first kappa shape index (κ1) is 10.9. The molecule has 0 radical (unpaired) electrons. The molecule has 6 heteroatoms. The lowest BCUT2D eigenvalue weighted by molar-refractivity contribution is 0.102. The molecule has 4 nitrogen and oxygen atoms in total. The average molecular weight is 261 g/mol. The minimum Gasteiger partial charge on any atom is -0.360 e. The summed E-state index contributed by atoms with van der Waals surface area (Å²) in [6.45, 7) is 0. The predicted octanol–water partition coefficient (Wildman–Crippen LogP) is 3.02. The number of benzene rings is 1. The number of aromatic amines is 1. The van der Waals surface area contributed by atoms with Crippen molar-refractivity contribution in [2.45, 2.75) is 0 Å². The van der Waals surface area contributed by atoms with E-state index in [1.165, 1.54) is 23.5 Å². The van der Waals surface area contributed by atoms with Crippen molar-refractivity contribution in [1.82, 2.24) is 9.97 Å². The standard InChI is InChI=1S/C12H8FN3OS/c13-7-1-2-8-9(6-15-10(8)5-7)11(17)16-12-14-3-4-18-12/h1-6,15H,(H,14,16,17). The van der Waals surface area contributed by atoms with Crippen molar-refractivity contribution in [3.63, 3.8) is 0 Å². The summed E-state index contributed by atoms with van der Waals surface area (Å²) >= 11 is 1.34. The van der Waals surface area contributed by atoms with Gasteiger partial charge >= 0.3 is 0 Å². The molecule has 0 aliphatic rings. The molecule has 3 rings (SSSR count). The first-order chi connectivity index (χ1) is 8.74. The maximum Gasteiger partial charge on any atom is 0.259 e. The van der Waals surface area contributed by atoms with Gasteiger partial charge in [-0.15, -0.1) is 11.3 Å². The number of nitrogens with zero attached hydrogens (tertiary/aromatic N) is 1. The maximum atomic E-state index is 13.0. The van der Waals surface area contributed by atoms with Crippen molar-refractivity contribution in [2.75, 3.05) is 5.32 Å². The summed E-state index contributed by atoms with van der Waals surface area (Å²) in [6.07, 6.45) is 3.18. The zero-order valence-corrected chi connectivity index (χ0v) is 9.92. The summed E-state index contributed by atoms with van der Waals surface area (Å²) in [7, 11) is 0. The first-order valence-electron chi connectivity index (χ1n) is 5.21. The van der Waals surface area contributed by atoms with Crippen LogP contribution >= 0.6 is 11.3 Å². The summed E-state index contributed by atoms with van der Waals surface area (Å²) < 4.78 is 13.0. The Balaban J connectivity index is 1.97. The number of carbonyl (C=O) groups is 1. The molecule has 90 valence electrons. The lowest BCUT2D eigenvalue weighted by Gasteiger charge is -1.99. The molecule has 2 N–H and O–H groups in total. The van der Waals surface area contributed by atoms with Gasteiger partial charge in [0, 0.05) is 28.7 Å². The van der Waals surface area contributed by atoms with Crippen LogP contribution < -0.4 is 5.32 Å². The number of hydrogen-bond donors (Lipinski definition) is 2. The predicted molar refractivity (Wildman–Crippen MR) is 68.3 cm³/mol. The first-order valence-corrected chi connectivity index (χ1v) is 6.09. The molecule has 0 unspecified atom stereocenters. The van der Waals surface area contributed by atoms with Gasteiger partial charge in [-0.2, -0.15) is 0 Å². The molecule has 0 spiro atoms. The van der Waals surface area contributed by atoms with E-state index in [1.54, 1.807) is 23.8 Å². The van der Waals surface area contributed by atoms with Crippen LogP contribution in [0, 0.1) is 5.82 Å². The van der Waals surface area contributed by atoms with E-state index >= 15 is 0 Å². The van der Waals surface area contributed by atoms with Gasteiger partial charge in [0.25, 0.3) is 5.91 Å². The Morgan fingerprint density at radius 3 is 3.11 bits per heavy atom. The van der Waals surface area contributed by atoms with Crippen LogP contribution in [0.3, 0.4) is 0 Å². The van der Waals surface area contributed by atoms with Crippen LogP contribution in [0.2, 0.25) is 0 Å². The van der Waals surface area contributed by atoms with Gasteiger partial charge in [0.2, 0.25) is 0 Å². The number of H-pyrrole nitrogens is 1. The number of thiazole rings is 1. The summed E-state index contributed by atoms with van der Waals surface area (Å²) in [6, 6.07) is 4.27. The third kappa shape index (κ3) is 1.86. The normalized spacial score (nSPS) is 10.7. The quantitative estimate of drug-likeness (QED) is 0.745. The number of carbonyl (C=O) groups excluding carboxylic acids is 1. The van der Waals surface area contributed by atoms with Gasteiger partial charge in [0.15, 0.2) is 5.13 Å². The van der Waals surface area contributed by atoms with Crippen LogP contribution in [0.1, 0.15) is 10.4 Å². The van der Waals surface area contributed by atoms with E-state index in [9.17, 15) is 9.18 Å². The molecule has 1 aromatic carbocycles. The summed E-state index contributed by atoms with van der Waals surface area (Å²) in [4.78, 5) is 18.9. The second-order valence-corrected chi connectivity index (χ2v) is 4.58. The fourth-order valence-corrected chi connectivity index (χ4v) is 2.26.